The summed E-state index contributed by atoms with van der Waals surface area (Å²) in [7, 11) is 0. The van der Waals surface area contributed by atoms with Crippen molar-refractivity contribution in [3.8, 4) is 0 Å². The average Bonchev–Trinajstić information content (AvgIpc) is 2.38. The Morgan fingerprint density at radius 1 is 1.28 bits per heavy atom. The minimum atomic E-state index is 0.381. The van der Waals surface area contributed by atoms with Crippen LogP contribution in [0.3, 0.4) is 0 Å². The third kappa shape index (κ3) is 2.31. The van der Waals surface area contributed by atoms with E-state index in [1.54, 1.807) is 0 Å². The number of hydrogen-bond acceptors (Lipinski definition) is 4. The van der Waals surface area contributed by atoms with Crippen LogP contribution in [0.4, 0.5) is 5.82 Å². The van der Waals surface area contributed by atoms with Gasteiger partial charge in [-0.2, -0.15) is 0 Å². The quantitative estimate of drug-likeness (QED) is 0.790. The Bertz CT molecular complexity index is 441. The molecule has 98 valence electrons. The van der Waals surface area contributed by atoms with Gasteiger partial charge in [0.05, 0.1) is 5.69 Å². The maximum absolute atomic E-state index is 6.05. The summed E-state index contributed by atoms with van der Waals surface area (Å²) >= 11 is 6.05. The molecule has 2 aliphatic heterocycles. The molecule has 0 saturated carbocycles. The van der Waals surface area contributed by atoms with Gasteiger partial charge in [-0.3, -0.25) is 0 Å². The number of rotatable bonds is 1. The van der Waals surface area contributed by atoms with Gasteiger partial charge < -0.3 is 10.2 Å². The molecule has 2 aliphatic rings. The van der Waals surface area contributed by atoms with E-state index in [1.165, 1.54) is 18.4 Å². The summed E-state index contributed by atoms with van der Waals surface area (Å²) in [6, 6.07) is 0. The SMILES string of the molecule is CC1CCN(c2nc(Cl)nc3c2CCNC3)CC1. The monoisotopic (exact) mass is 266 g/mol. The van der Waals surface area contributed by atoms with Crippen LogP contribution in [0.1, 0.15) is 31.0 Å². The lowest BCUT2D eigenvalue weighted by molar-refractivity contribution is 0.435. The molecule has 0 spiro atoms. The standard InChI is InChI=1S/C13H19ClN4/c1-9-3-6-18(7-4-9)12-10-2-5-15-8-11(10)16-13(14)17-12/h9,15H,2-8H2,1H3. The Morgan fingerprint density at radius 3 is 2.83 bits per heavy atom. The average molecular weight is 267 g/mol. The second kappa shape index (κ2) is 5.02. The van der Waals surface area contributed by atoms with Crippen LogP contribution in [0.2, 0.25) is 5.28 Å². The zero-order valence-electron chi connectivity index (χ0n) is 10.7. The summed E-state index contributed by atoms with van der Waals surface area (Å²) in [5.74, 6) is 1.91. The Balaban J connectivity index is 1.93. The highest BCUT2D eigenvalue weighted by atomic mass is 35.5. The zero-order valence-corrected chi connectivity index (χ0v) is 11.5. The summed E-state index contributed by atoms with van der Waals surface area (Å²) in [5, 5.41) is 3.72. The molecule has 0 unspecified atom stereocenters. The van der Waals surface area contributed by atoms with Crippen molar-refractivity contribution < 1.29 is 0 Å². The van der Waals surface area contributed by atoms with Crippen LogP contribution >= 0.6 is 11.6 Å². The first-order chi connectivity index (χ1) is 8.74. The predicted octanol–water partition coefficient (Wildman–Crippen LogP) is 2.01. The number of piperidine rings is 1. The molecular weight excluding hydrogens is 248 g/mol. The first kappa shape index (κ1) is 12.2. The van der Waals surface area contributed by atoms with Crippen molar-refractivity contribution in [1.82, 2.24) is 15.3 Å². The maximum atomic E-state index is 6.05. The first-order valence-electron chi connectivity index (χ1n) is 6.75. The van der Waals surface area contributed by atoms with Crippen molar-refractivity contribution >= 4 is 17.4 Å². The van der Waals surface area contributed by atoms with Gasteiger partial charge in [0.2, 0.25) is 5.28 Å². The molecule has 5 heteroatoms. The van der Waals surface area contributed by atoms with E-state index >= 15 is 0 Å². The molecule has 0 bridgehead atoms. The second-order valence-corrected chi connectivity index (χ2v) is 5.68. The first-order valence-corrected chi connectivity index (χ1v) is 7.13. The number of nitrogens with one attached hydrogen (secondary N) is 1. The van der Waals surface area contributed by atoms with E-state index < -0.39 is 0 Å². The number of halogens is 1. The van der Waals surface area contributed by atoms with Crippen molar-refractivity contribution in [1.29, 1.82) is 0 Å². The fraction of sp³-hybridized carbons (Fsp3) is 0.692. The van der Waals surface area contributed by atoms with E-state index in [9.17, 15) is 0 Å². The van der Waals surface area contributed by atoms with Crippen LogP contribution in [-0.2, 0) is 13.0 Å². The van der Waals surface area contributed by atoms with Gasteiger partial charge in [0.25, 0.3) is 0 Å². The normalized spacial score (nSPS) is 20.9. The van der Waals surface area contributed by atoms with Crippen LogP contribution in [0, 0.1) is 5.92 Å². The van der Waals surface area contributed by atoms with Crippen LogP contribution in [0.5, 0.6) is 0 Å². The molecule has 3 rings (SSSR count). The van der Waals surface area contributed by atoms with E-state index in [1.807, 2.05) is 0 Å². The Kier molecular flexibility index (Phi) is 3.39. The van der Waals surface area contributed by atoms with Crippen LogP contribution in [0.15, 0.2) is 0 Å². The van der Waals surface area contributed by atoms with E-state index in [-0.39, 0.29) is 0 Å². The van der Waals surface area contributed by atoms with Gasteiger partial charge >= 0.3 is 0 Å². The lowest BCUT2D eigenvalue weighted by Gasteiger charge is -2.33. The molecule has 0 radical (unpaired) electrons. The molecule has 3 heterocycles. The molecule has 1 aromatic rings. The van der Waals surface area contributed by atoms with E-state index in [4.69, 9.17) is 11.6 Å². The highest BCUT2D eigenvalue weighted by molar-refractivity contribution is 6.28. The molecule has 0 aliphatic carbocycles. The molecule has 1 N–H and O–H groups in total. The van der Waals surface area contributed by atoms with Gasteiger partial charge in [-0.25, -0.2) is 9.97 Å². The minimum absolute atomic E-state index is 0.381. The summed E-state index contributed by atoms with van der Waals surface area (Å²) in [6.45, 7) is 6.33. The molecule has 0 aromatic carbocycles. The van der Waals surface area contributed by atoms with E-state index in [2.05, 4.69) is 27.1 Å². The number of fused-ring (bicyclic) bond motifs is 1. The summed E-state index contributed by atoms with van der Waals surface area (Å²) < 4.78 is 0. The lowest BCUT2D eigenvalue weighted by atomic mass is 9.98. The number of aromatic nitrogens is 2. The van der Waals surface area contributed by atoms with Crippen molar-refractivity contribution in [2.24, 2.45) is 5.92 Å². The van der Waals surface area contributed by atoms with Gasteiger partial charge in [-0.1, -0.05) is 6.92 Å². The molecular formula is C13H19ClN4. The summed E-state index contributed by atoms with van der Waals surface area (Å²) in [5.41, 5.74) is 2.38. The number of hydrogen-bond donors (Lipinski definition) is 1. The molecule has 4 nitrogen and oxygen atoms in total. The molecule has 1 aromatic heterocycles. The van der Waals surface area contributed by atoms with Gasteiger partial charge in [-0.05, 0) is 43.3 Å². The van der Waals surface area contributed by atoms with Crippen LogP contribution < -0.4 is 10.2 Å². The van der Waals surface area contributed by atoms with Gasteiger partial charge in [-0.15, -0.1) is 0 Å². The van der Waals surface area contributed by atoms with Crippen LogP contribution in [-0.4, -0.2) is 29.6 Å². The third-order valence-corrected chi connectivity index (χ3v) is 4.14. The summed E-state index contributed by atoms with van der Waals surface area (Å²) in [6.07, 6.45) is 3.50. The fourth-order valence-electron chi connectivity index (χ4n) is 2.79. The van der Waals surface area contributed by atoms with Gasteiger partial charge in [0.15, 0.2) is 0 Å². The zero-order chi connectivity index (χ0) is 12.5. The Hall–Kier alpha value is -0.870. The van der Waals surface area contributed by atoms with Crippen molar-refractivity contribution in [2.45, 2.75) is 32.7 Å². The second-order valence-electron chi connectivity index (χ2n) is 5.34. The number of nitrogens with zero attached hydrogens (tertiary/aromatic N) is 3. The van der Waals surface area contributed by atoms with Crippen LogP contribution in [0.25, 0.3) is 0 Å². The highest BCUT2D eigenvalue weighted by Crippen LogP contribution is 2.28. The van der Waals surface area contributed by atoms with Crippen molar-refractivity contribution in [3.05, 3.63) is 16.5 Å². The molecule has 18 heavy (non-hydrogen) atoms. The van der Waals surface area contributed by atoms with Crippen molar-refractivity contribution in [2.75, 3.05) is 24.5 Å². The molecule has 1 fully saturated rings. The topological polar surface area (TPSA) is 41.1 Å². The Labute approximate surface area is 113 Å². The van der Waals surface area contributed by atoms with Crippen molar-refractivity contribution in [3.63, 3.8) is 0 Å². The van der Waals surface area contributed by atoms with Gasteiger partial charge in [0.1, 0.15) is 5.82 Å². The predicted molar refractivity (Wildman–Crippen MR) is 73.1 cm³/mol. The van der Waals surface area contributed by atoms with Gasteiger partial charge in [0, 0.05) is 25.2 Å². The molecule has 1 saturated heterocycles. The van der Waals surface area contributed by atoms with E-state index in [0.29, 0.717) is 5.28 Å². The smallest absolute Gasteiger partial charge is 0.224 e. The van der Waals surface area contributed by atoms with E-state index in [0.717, 1.165) is 50.0 Å². The Morgan fingerprint density at radius 2 is 2.06 bits per heavy atom. The maximum Gasteiger partial charge on any atom is 0.224 e. The molecule has 0 amide bonds. The fourth-order valence-corrected chi connectivity index (χ4v) is 2.97. The largest absolute Gasteiger partial charge is 0.356 e. The number of anilines is 1. The summed E-state index contributed by atoms with van der Waals surface area (Å²) in [4.78, 5) is 11.2. The lowest BCUT2D eigenvalue weighted by Crippen LogP contribution is -2.36. The highest BCUT2D eigenvalue weighted by Gasteiger charge is 2.23. The minimum Gasteiger partial charge on any atom is -0.356 e. The third-order valence-electron chi connectivity index (χ3n) is 3.97. The molecule has 0 atom stereocenters.